The van der Waals surface area contributed by atoms with Crippen molar-refractivity contribution in [3.05, 3.63) is 68.6 Å². The number of carbonyl (C=O) groups excluding carboxylic acids is 1. The summed E-state index contributed by atoms with van der Waals surface area (Å²) in [4.78, 5) is 23.8. The molecule has 0 fully saturated rings. The van der Waals surface area contributed by atoms with Gasteiger partial charge >= 0.3 is 5.97 Å². The van der Waals surface area contributed by atoms with Crippen molar-refractivity contribution < 1.29 is 14.3 Å². The summed E-state index contributed by atoms with van der Waals surface area (Å²) in [5.74, 6) is -0.135. The van der Waals surface area contributed by atoms with Gasteiger partial charge in [-0.2, -0.15) is 5.10 Å². The van der Waals surface area contributed by atoms with Crippen LogP contribution in [0.2, 0.25) is 10.0 Å². The van der Waals surface area contributed by atoms with Gasteiger partial charge in [-0.3, -0.25) is 9.59 Å². The fraction of sp³-hybridized carbons (Fsp3) is 0.167. The van der Waals surface area contributed by atoms with Crippen LogP contribution in [0.1, 0.15) is 5.69 Å². The predicted octanol–water partition coefficient (Wildman–Crippen LogP) is 3.39. The van der Waals surface area contributed by atoms with Gasteiger partial charge in [0.1, 0.15) is 13.2 Å². The smallest absolute Gasteiger partial charge is 0.312 e. The third kappa shape index (κ3) is 4.15. The maximum absolute atomic E-state index is 12.0. The topological polar surface area (TPSA) is 81.3 Å². The minimum absolute atomic E-state index is 0.0294. The van der Waals surface area contributed by atoms with E-state index in [1.807, 2.05) is 0 Å². The van der Waals surface area contributed by atoms with Crippen molar-refractivity contribution in [1.82, 2.24) is 10.2 Å². The van der Waals surface area contributed by atoms with Gasteiger partial charge < -0.3 is 9.47 Å². The third-order valence-electron chi connectivity index (χ3n) is 3.60. The summed E-state index contributed by atoms with van der Waals surface area (Å²) in [5, 5.41) is 8.18. The molecule has 2 aromatic carbocycles. The van der Waals surface area contributed by atoms with E-state index in [-0.39, 0.29) is 25.2 Å². The summed E-state index contributed by atoms with van der Waals surface area (Å²) in [6.45, 7) is 0.136. The van der Waals surface area contributed by atoms with Crippen molar-refractivity contribution in [3.63, 3.8) is 0 Å². The van der Waals surface area contributed by atoms with E-state index in [2.05, 4.69) is 10.2 Å². The molecule has 26 heavy (non-hydrogen) atoms. The average Bonchev–Trinajstić information content (AvgIpc) is 2.63. The Balaban J connectivity index is 1.57. The van der Waals surface area contributed by atoms with Crippen molar-refractivity contribution >= 4 is 39.9 Å². The van der Waals surface area contributed by atoms with Gasteiger partial charge in [-0.25, -0.2) is 5.10 Å². The minimum atomic E-state index is -0.483. The second kappa shape index (κ2) is 8.21. The Morgan fingerprint density at radius 3 is 2.42 bits per heavy atom. The molecule has 0 spiro atoms. The first-order chi connectivity index (χ1) is 12.6. The number of hydrogen-bond donors (Lipinski definition) is 1. The van der Waals surface area contributed by atoms with Crippen LogP contribution in [0, 0.1) is 0 Å². The Bertz CT molecular complexity index is 984. The number of carbonyl (C=O) groups is 1. The number of aromatic amines is 1. The molecule has 0 atom stereocenters. The number of para-hydroxylation sites is 1. The molecule has 0 amide bonds. The van der Waals surface area contributed by atoms with Crippen LogP contribution >= 0.6 is 23.2 Å². The molecule has 8 heteroatoms. The van der Waals surface area contributed by atoms with Gasteiger partial charge in [0, 0.05) is 5.39 Å². The number of rotatable bonds is 6. The maximum Gasteiger partial charge on any atom is 0.312 e. The molecule has 0 aliphatic carbocycles. The van der Waals surface area contributed by atoms with Gasteiger partial charge in [0.2, 0.25) is 0 Å². The van der Waals surface area contributed by atoms with Crippen LogP contribution in [0.25, 0.3) is 10.8 Å². The van der Waals surface area contributed by atoms with E-state index in [0.717, 1.165) is 0 Å². The molecular formula is C18H14Cl2N2O4. The van der Waals surface area contributed by atoms with Gasteiger partial charge in [-0.05, 0) is 18.2 Å². The first kappa shape index (κ1) is 18.2. The molecule has 0 aliphatic rings. The van der Waals surface area contributed by atoms with E-state index in [4.69, 9.17) is 32.7 Å². The normalized spacial score (nSPS) is 10.7. The van der Waals surface area contributed by atoms with Gasteiger partial charge in [0.05, 0.1) is 27.5 Å². The molecule has 6 nitrogen and oxygen atoms in total. The Morgan fingerprint density at radius 1 is 1.00 bits per heavy atom. The van der Waals surface area contributed by atoms with E-state index in [1.54, 1.807) is 42.5 Å². The molecule has 0 saturated heterocycles. The SMILES string of the molecule is O=C(Cc1n[nH]c(=O)c2ccccc12)OCCOc1c(Cl)cccc1Cl. The second-order valence-corrected chi connectivity index (χ2v) is 6.16. The summed E-state index contributed by atoms with van der Waals surface area (Å²) < 4.78 is 10.6. The number of ether oxygens (including phenoxy) is 2. The van der Waals surface area contributed by atoms with Crippen LogP contribution in [0.4, 0.5) is 0 Å². The number of nitrogens with zero attached hydrogens (tertiary/aromatic N) is 1. The molecule has 0 radical (unpaired) electrons. The number of fused-ring (bicyclic) bond motifs is 1. The lowest BCUT2D eigenvalue weighted by Crippen LogP contribution is -2.17. The third-order valence-corrected chi connectivity index (χ3v) is 4.19. The first-order valence-electron chi connectivity index (χ1n) is 7.75. The number of hydrogen-bond acceptors (Lipinski definition) is 5. The predicted molar refractivity (Wildman–Crippen MR) is 99.0 cm³/mol. The molecule has 0 saturated carbocycles. The van der Waals surface area contributed by atoms with Crippen molar-refractivity contribution in [2.24, 2.45) is 0 Å². The number of aromatic nitrogens is 2. The Kier molecular flexibility index (Phi) is 5.75. The molecule has 1 aromatic heterocycles. The van der Waals surface area contributed by atoms with Gasteiger partial charge in [0.15, 0.2) is 5.75 Å². The van der Waals surface area contributed by atoms with E-state index in [9.17, 15) is 9.59 Å². The van der Waals surface area contributed by atoms with Crippen molar-refractivity contribution in [2.45, 2.75) is 6.42 Å². The Hall–Kier alpha value is -2.57. The highest BCUT2D eigenvalue weighted by Crippen LogP contribution is 2.32. The number of esters is 1. The zero-order valence-corrected chi connectivity index (χ0v) is 15.0. The van der Waals surface area contributed by atoms with E-state index >= 15 is 0 Å². The maximum atomic E-state index is 12.0. The fourth-order valence-electron chi connectivity index (χ4n) is 2.41. The molecule has 0 aliphatic heterocycles. The van der Waals surface area contributed by atoms with Crippen molar-refractivity contribution in [3.8, 4) is 5.75 Å². The van der Waals surface area contributed by atoms with Crippen LogP contribution in [0.15, 0.2) is 47.3 Å². The lowest BCUT2D eigenvalue weighted by Gasteiger charge is -2.10. The summed E-state index contributed by atoms with van der Waals surface area (Å²) in [7, 11) is 0. The quantitative estimate of drug-likeness (QED) is 0.513. The van der Waals surface area contributed by atoms with Gasteiger partial charge in [0.25, 0.3) is 5.56 Å². The monoisotopic (exact) mass is 392 g/mol. The van der Waals surface area contributed by atoms with Gasteiger partial charge in [-0.15, -0.1) is 0 Å². The second-order valence-electron chi connectivity index (χ2n) is 5.34. The number of benzene rings is 2. The minimum Gasteiger partial charge on any atom is -0.487 e. The number of H-pyrrole nitrogens is 1. The van der Waals surface area contributed by atoms with Gasteiger partial charge in [-0.1, -0.05) is 47.5 Å². The van der Waals surface area contributed by atoms with Crippen molar-refractivity contribution in [2.75, 3.05) is 13.2 Å². The van der Waals surface area contributed by atoms with E-state index in [0.29, 0.717) is 32.3 Å². The zero-order chi connectivity index (χ0) is 18.5. The van der Waals surface area contributed by atoms with Crippen LogP contribution in [0.3, 0.4) is 0 Å². The molecule has 3 rings (SSSR count). The number of nitrogens with one attached hydrogen (secondary N) is 1. The zero-order valence-electron chi connectivity index (χ0n) is 13.5. The Labute approximate surface area is 158 Å². The van der Waals surface area contributed by atoms with Crippen LogP contribution in [-0.2, 0) is 16.0 Å². The largest absolute Gasteiger partial charge is 0.487 e. The fourth-order valence-corrected chi connectivity index (χ4v) is 2.92. The molecule has 0 bridgehead atoms. The molecule has 1 N–H and O–H groups in total. The van der Waals surface area contributed by atoms with Crippen LogP contribution in [0.5, 0.6) is 5.75 Å². The van der Waals surface area contributed by atoms with E-state index in [1.165, 1.54) is 0 Å². The van der Waals surface area contributed by atoms with Crippen LogP contribution in [-0.4, -0.2) is 29.4 Å². The highest BCUT2D eigenvalue weighted by atomic mass is 35.5. The summed E-state index contributed by atoms with van der Waals surface area (Å²) in [5.41, 5.74) is 0.142. The standard InChI is InChI=1S/C18H14Cl2N2O4/c19-13-6-3-7-14(20)17(13)26-9-8-25-16(23)10-15-11-4-1-2-5-12(11)18(24)22-21-15/h1-7H,8-10H2,(H,22,24). The molecule has 3 aromatic rings. The lowest BCUT2D eigenvalue weighted by atomic mass is 10.1. The summed E-state index contributed by atoms with van der Waals surface area (Å²) in [6, 6.07) is 12.0. The average molecular weight is 393 g/mol. The number of halogens is 2. The molecule has 0 unspecified atom stereocenters. The Morgan fingerprint density at radius 2 is 1.69 bits per heavy atom. The highest BCUT2D eigenvalue weighted by molar-refractivity contribution is 6.37. The molecular weight excluding hydrogens is 379 g/mol. The lowest BCUT2D eigenvalue weighted by molar-refractivity contribution is -0.143. The molecule has 134 valence electrons. The first-order valence-corrected chi connectivity index (χ1v) is 8.50. The summed E-state index contributed by atoms with van der Waals surface area (Å²) in [6.07, 6.45) is -0.0653. The molecule has 1 heterocycles. The van der Waals surface area contributed by atoms with Crippen LogP contribution < -0.4 is 10.3 Å². The van der Waals surface area contributed by atoms with E-state index < -0.39 is 5.97 Å². The highest BCUT2D eigenvalue weighted by Gasteiger charge is 2.12. The summed E-state index contributed by atoms with van der Waals surface area (Å²) >= 11 is 12.0. The van der Waals surface area contributed by atoms with Crippen molar-refractivity contribution in [1.29, 1.82) is 0 Å².